The van der Waals surface area contributed by atoms with Crippen LogP contribution >= 0.6 is 11.3 Å². The highest BCUT2D eigenvalue weighted by Crippen LogP contribution is 2.25. The van der Waals surface area contributed by atoms with Gasteiger partial charge in [0.1, 0.15) is 11.9 Å². The number of thiazole rings is 1. The van der Waals surface area contributed by atoms with E-state index in [1.54, 1.807) is 25.1 Å². The van der Waals surface area contributed by atoms with Gasteiger partial charge in [-0.1, -0.05) is 41.7 Å². The normalized spacial score (nSPS) is 12.4. The Hall–Kier alpha value is -2.80. The first-order valence-corrected chi connectivity index (χ1v) is 8.14. The number of halogens is 1. The molecule has 7 heteroatoms. The van der Waals surface area contributed by atoms with Crippen molar-refractivity contribution in [2.45, 2.75) is 13.0 Å². The zero-order valence-corrected chi connectivity index (χ0v) is 13.7. The van der Waals surface area contributed by atoms with Crippen LogP contribution in [0.4, 0.5) is 9.52 Å². The monoisotopic (exact) mass is 342 g/mol. The quantitative estimate of drug-likeness (QED) is 0.552. The van der Waals surface area contributed by atoms with E-state index < -0.39 is 11.9 Å². The van der Waals surface area contributed by atoms with E-state index in [1.165, 1.54) is 23.6 Å². The molecule has 1 amide bonds. The van der Waals surface area contributed by atoms with Crippen LogP contribution in [0.2, 0.25) is 0 Å². The van der Waals surface area contributed by atoms with Crippen molar-refractivity contribution < 1.29 is 9.18 Å². The second-order valence-corrected chi connectivity index (χ2v) is 6.14. The highest BCUT2D eigenvalue weighted by Gasteiger charge is 2.14. The number of amides is 1. The van der Waals surface area contributed by atoms with Crippen LogP contribution in [0, 0.1) is 5.82 Å². The van der Waals surface area contributed by atoms with Gasteiger partial charge in [0.2, 0.25) is 0 Å². The highest BCUT2D eigenvalue weighted by molar-refractivity contribution is 7.22. The van der Waals surface area contributed by atoms with Gasteiger partial charge in [-0.2, -0.15) is 5.10 Å². The molecule has 2 aromatic carbocycles. The summed E-state index contributed by atoms with van der Waals surface area (Å²) in [5, 5.41) is 7.49. The van der Waals surface area contributed by atoms with Gasteiger partial charge in [0.25, 0.3) is 5.91 Å². The summed E-state index contributed by atoms with van der Waals surface area (Å²) >= 11 is 1.48. The molecule has 1 atom stereocenters. The van der Waals surface area contributed by atoms with E-state index >= 15 is 0 Å². The number of benzene rings is 2. The SMILES string of the molecule is C[C@H](Nc1nc2ccccc2s1)C(=O)N/N=C\c1ccccc1F. The lowest BCUT2D eigenvalue weighted by atomic mass is 10.2. The third kappa shape index (κ3) is 3.75. The molecule has 2 N–H and O–H groups in total. The summed E-state index contributed by atoms with van der Waals surface area (Å²) in [6, 6.07) is 13.4. The third-order valence-corrected chi connectivity index (χ3v) is 4.28. The number of aromatic nitrogens is 1. The molecule has 0 aliphatic heterocycles. The largest absolute Gasteiger partial charge is 0.350 e. The zero-order valence-electron chi connectivity index (χ0n) is 12.9. The summed E-state index contributed by atoms with van der Waals surface area (Å²) in [6.45, 7) is 1.71. The summed E-state index contributed by atoms with van der Waals surface area (Å²) in [5.74, 6) is -0.724. The summed E-state index contributed by atoms with van der Waals surface area (Å²) in [7, 11) is 0. The minimum atomic E-state index is -0.525. The van der Waals surface area contributed by atoms with Crippen LogP contribution in [0.1, 0.15) is 12.5 Å². The van der Waals surface area contributed by atoms with Gasteiger partial charge in [-0.3, -0.25) is 4.79 Å². The first kappa shape index (κ1) is 16.1. The van der Waals surface area contributed by atoms with E-state index in [-0.39, 0.29) is 5.91 Å². The van der Waals surface area contributed by atoms with Crippen molar-refractivity contribution in [3.63, 3.8) is 0 Å². The molecular weight excluding hydrogens is 327 g/mol. The molecule has 0 saturated heterocycles. The van der Waals surface area contributed by atoms with Gasteiger partial charge >= 0.3 is 0 Å². The van der Waals surface area contributed by atoms with E-state index in [0.29, 0.717) is 10.7 Å². The van der Waals surface area contributed by atoms with Crippen molar-refractivity contribution in [2.75, 3.05) is 5.32 Å². The van der Waals surface area contributed by atoms with Crippen LogP contribution in [0.3, 0.4) is 0 Å². The molecule has 0 spiro atoms. The van der Waals surface area contributed by atoms with E-state index in [1.807, 2.05) is 24.3 Å². The van der Waals surface area contributed by atoms with Crippen LogP contribution in [0.25, 0.3) is 10.2 Å². The molecule has 5 nitrogen and oxygen atoms in total. The minimum Gasteiger partial charge on any atom is -0.350 e. The Morgan fingerprint density at radius 1 is 1.25 bits per heavy atom. The summed E-state index contributed by atoms with van der Waals surface area (Å²) in [5.41, 5.74) is 3.58. The molecule has 0 unspecified atom stereocenters. The van der Waals surface area contributed by atoms with Gasteiger partial charge in [-0.05, 0) is 25.1 Å². The molecule has 0 saturated carbocycles. The van der Waals surface area contributed by atoms with Crippen molar-refractivity contribution in [3.05, 3.63) is 59.9 Å². The maximum absolute atomic E-state index is 13.4. The molecular formula is C17H15FN4OS. The van der Waals surface area contributed by atoms with E-state index in [9.17, 15) is 9.18 Å². The second-order valence-electron chi connectivity index (χ2n) is 5.11. The molecule has 3 rings (SSSR count). The van der Waals surface area contributed by atoms with Crippen LogP contribution in [0.15, 0.2) is 53.6 Å². The number of carbonyl (C=O) groups excluding carboxylic acids is 1. The fourth-order valence-corrected chi connectivity index (χ4v) is 2.98. The molecule has 24 heavy (non-hydrogen) atoms. The van der Waals surface area contributed by atoms with Crippen molar-refractivity contribution in [1.82, 2.24) is 10.4 Å². The number of nitrogens with one attached hydrogen (secondary N) is 2. The van der Waals surface area contributed by atoms with Crippen LogP contribution in [-0.2, 0) is 4.79 Å². The molecule has 0 aliphatic carbocycles. The summed E-state index contributed by atoms with van der Waals surface area (Å²) < 4.78 is 14.5. The summed E-state index contributed by atoms with van der Waals surface area (Å²) in [6.07, 6.45) is 1.28. The molecule has 1 heterocycles. The average molecular weight is 342 g/mol. The van der Waals surface area contributed by atoms with Crippen LogP contribution in [-0.4, -0.2) is 23.1 Å². The Balaban J connectivity index is 1.59. The Labute approximate surface area is 142 Å². The number of para-hydroxylation sites is 1. The molecule has 0 bridgehead atoms. The lowest BCUT2D eigenvalue weighted by Crippen LogP contribution is -2.34. The zero-order chi connectivity index (χ0) is 16.9. The number of anilines is 1. The predicted molar refractivity (Wildman–Crippen MR) is 94.8 cm³/mol. The van der Waals surface area contributed by atoms with Crippen molar-refractivity contribution >= 4 is 38.8 Å². The third-order valence-electron chi connectivity index (χ3n) is 3.31. The second kappa shape index (κ2) is 7.18. The lowest BCUT2D eigenvalue weighted by Gasteiger charge is -2.10. The van der Waals surface area contributed by atoms with Crippen LogP contribution in [0.5, 0.6) is 0 Å². The van der Waals surface area contributed by atoms with Gasteiger partial charge in [0.15, 0.2) is 5.13 Å². The van der Waals surface area contributed by atoms with Crippen molar-refractivity contribution in [2.24, 2.45) is 5.10 Å². The van der Waals surface area contributed by atoms with Crippen molar-refractivity contribution in [3.8, 4) is 0 Å². The number of hydrogen-bond donors (Lipinski definition) is 2. The molecule has 3 aromatic rings. The number of carbonyl (C=O) groups is 1. The minimum absolute atomic E-state index is 0.310. The number of rotatable bonds is 5. The van der Waals surface area contributed by atoms with Crippen LogP contribution < -0.4 is 10.7 Å². The summed E-state index contributed by atoms with van der Waals surface area (Å²) in [4.78, 5) is 16.4. The fraction of sp³-hybridized carbons (Fsp3) is 0.118. The molecule has 0 radical (unpaired) electrons. The Bertz CT molecular complexity index is 860. The van der Waals surface area contributed by atoms with E-state index in [2.05, 4.69) is 20.8 Å². The lowest BCUT2D eigenvalue weighted by molar-refractivity contribution is -0.121. The smallest absolute Gasteiger partial charge is 0.262 e. The molecule has 122 valence electrons. The number of hydrazone groups is 1. The van der Waals surface area contributed by atoms with Gasteiger partial charge < -0.3 is 5.32 Å². The number of fused-ring (bicyclic) bond motifs is 1. The fourth-order valence-electron chi connectivity index (χ4n) is 2.03. The maximum Gasteiger partial charge on any atom is 0.262 e. The Morgan fingerprint density at radius 3 is 2.79 bits per heavy atom. The predicted octanol–water partition coefficient (Wildman–Crippen LogP) is 3.39. The Kier molecular flexibility index (Phi) is 4.81. The first-order chi connectivity index (χ1) is 11.6. The first-order valence-electron chi connectivity index (χ1n) is 7.33. The molecule has 1 aromatic heterocycles. The van der Waals surface area contributed by atoms with Gasteiger partial charge in [0.05, 0.1) is 16.4 Å². The van der Waals surface area contributed by atoms with Gasteiger partial charge in [-0.15, -0.1) is 0 Å². The van der Waals surface area contributed by atoms with Gasteiger partial charge in [-0.25, -0.2) is 14.8 Å². The highest BCUT2D eigenvalue weighted by atomic mass is 32.1. The maximum atomic E-state index is 13.4. The molecule has 0 fully saturated rings. The number of hydrogen-bond acceptors (Lipinski definition) is 5. The van der Waals surface area contributed by atoms with E-state index in [0.717, 1.165) is 10.2 Å². The Morgan fingerprint density at radius 2 is 2.00 bits per heavy atom. The number of nitrogens with zero attached hydrogens (tertiary/aromatic N) is 2. The standard InChI is InChI=1S/C17H15FN4OS/c1-11(20-17-21-14-8-4-5-9-15(14)24-17)16(23)22-19-10-12-6-2-3-7-13(12)18/h2-11H,1H3,(H,20,21)(H,22,23)/b19-10-/t11-/m0/s1. The average Bonchev–Trinajstić information content (AvgIpc) is 2.98. The van der Waals surface area contributed by atoms with Gasteiger partial charge in [0, 0.05) is 5.56 Å². The van der Waals surface area contributed by atoms with E-state index in [4.69, 9.17) is 0 Å². The molecule has 0 aliphatic rings. The topological polar surface area (TPSA) is 66.4 Å². The van der Waals surface area contributed by atoms with Crippen molar-refractivity contribution in [1.29, 1.82) is 0 Å².